The minimum Gasteiger partial charge on any atom is -0.480 e. The van der Waals surface area contributed by atoms with E-state index in [1.807, 2.05) is 19.0 Å². The fraction of sp³-hybridized carbons (Fsp3) is 0.917. The first-order valence-corrected chi connectivity index (χ1v) is 6.79. The molecule has 0 aromatic rings. The van der Waals surface area contributed by atoms with Crippen LogP contribution in [0.2, 0.25) is 6.32 Å². The van der Waals surface area contributed by atoms with Gasteiger partial charge in [-0.05, 0) is 45.6 Å². The third-order valence-electron chi connectivity index (χ3n) is 4.10. The van der Waals surface area contributed by atoms with Crippen LogP contribution in [-0.2, 0) is 4.79 Å². The van der Waals surface area contributed by atoms with Crippen LogP contribution in [-0.4, -0.2) is 59.3 Å². The van der Waals surface area contributed by atoms with E-state index in [1.54, 1.807) is 0 Å². The molecule has 0 radical (unpaired) electrons. The highest BCUT2D eigenvalue weighted by molar-refractivity contribution is 6.40. The van der Waals surface area contributed by atoms with E-state index in [0.29, 0.717) is 19.4 Å². The van der Waals surface area contributed by atoms with Gasteiger partial charge in [0.15, 0.2) is 0 Å². The molecule has 0 heterocycles. The van der Waals surface area contributed by atoms with Crippen molar-refractivity contribution in [2.24, 2.45) is 17.6 Å². The van der Waals surface area contributed by atoms with Crippen LogP contribution in [0.5, 0.6) is 0 Å². The van der Waals surface area contributed by atoms with Crippen molar-refractivity contribution in [3.8, 4) is 0 Å². The van der Waals surface area contributed by atoms with Gasteiger partial charge in [0.25, 0.3) is 0 Å². The van der Waals surface area contributed by atoms with E-state index in [0.717, 1.165) is 12.8 Å². The lowest BCUT2D eigenvalue weighted by Gasteiger charge is -2.42. The summed E-state index contributed by atoms with van der Waals surface area (Å²) in [6.07, 6.45) is 2.97. The van der Waals surface area contributed by atoms with Crippen molar-refractivity contribution in [2.75, 3.05) is 20.6 Å². The Morgan fingerprint density at radius 3 is 2.53 bits per heavy atom. The van der Waals surface area contributed by atoms with Crippen molar-refractivity contribution in [2.45, 2.75) is 37.5 Å². The molecule has 7 heteroatoms. The molecule has 110 valence electrons. The van der Waals surface area contributed by atoms with E-state index in [1.165, 1.54) is 0 Å². The number of carbonyl (C=O) groups is 1. The maximum atomic E-state index is 11.5. The summed E-state index contributed by atoms with van der Waals surface area (Å²) in [5.41, 5.74) is 4.94. The maximum Gasteiger partial charge on any atom is 0.451 e. The van der Waals surface area contributed by atoms with Gasteiger partial charge in [0.05, 0.1) is 0 Å². The predicted molar refractivity (Wildman–Crippen MR) is 73.6 cm³/mol. The smallest absolute Gasteiger partial charge is 0.451 e. The fourth-order valence-electron chi connectivity index (χ4n) is 3.03. The molecule has 1 rings (SSSR count). The van der Waals surface area contributed by atoms with E-state index in [2.05, 4.69) is 0 Å². The zero-order chi connectivity index (χ0) is 14.6. The number of nitrogens with zero attached hydrogens (tertiary/aromatic N) is 1. The second kappa shape index (κ2) is 6.70. The van der Waals surface area contributed by atoms with Gasteiger partial charge in [0, 0.05) is 12.5 Å². The van der Waals surface area contributed by atoms with Crippen LogP contribution in [0.3, 0.4) is 0 Å². The Hall–Kier alpha value is -0.625. The topological polar surface area (TPSA) is 107 Å². The molecule has 0 bridgehead atoms. The molecule has 0 aromatic carbocycles. The van der Waals surface area contributed by atoms with Gasteiger partial charge in [0.1, 0.15) is 5.54 Å². The Kier molecular flexibility index (Phi) is 5.79. The summed E-state index contributed by atoms with van der Waals surface area (Å²) in [6.45, 7) is 0.665. The molecular formula is C12H25BN2O4. The molecule has 0 aromatic heterocycles. The Balaban J connectivity index is 2.69. The highest BCUT2D eigenvalue weighted by Gasteiger charge is 2.46. The van der Waals surface area contributed by atoms with Crippen molar-refractivity contribution < 1.29 is 19.9 Å². The summed E-state index contributed by atoms with van der Waals surface area (Å²) in [6, 6.07) is 0. The first kappa shape index (κ1) is 16.4. The lowest BCUT2D eigenvalue weighted by atomic mass is 9.66. The molecule has 0 spiro atoms. The van der Waals surface area contributed by atoms with Crippen LogP contribution < -0.4 is 5.73 Å². The van der Waals surface area contributed by atoms with Crippen LogP contribution in [0.4, 0.5) is 0 Å². The zero-order valence-corrected chi connectivity index (χ0v) is 11.7. The highest BCUT2D eigenvalue weighted by Crippen LogP contribution is 2.38. The number of hydrogen-bond acceptors (Lipinski definition) is 5. The number of nitrogens with two attached hydrogens (primary N) is 1. The first-order valence-electron chi connectivity index (χ1n) is 6.79. The maximum absolute atomic E-state index is 11.5. The Bertz CT molecular complexity index is 314. The lowest BCUT2D eigenvalue weighted by Crippen LogP contribution is -2.59. The van der Waals surface area contributed by atoms with Crippen LogP contribution in [0.25, 0.3) is 0 Å². The summed E-state index contributed by atoms with van der Waals surface area (Å²) >= 11 is 0. The van der Waals surface area contributed by atoms with Crippen LogP contribution in [0, 0.1) is 11.8 Å². The molecule has 0 saturated heterocycles. The summed E-state index contributed by atoms with van der Waals surface area (Å²) in [5.74, 6) is -0.856. The zero-order valence-electron chi connectivity index (χ0n) is 11.7. The van der Waals surface area contributed by atoms with E-state index in [4.69, 9.17) is 15.8 Å². The second-order valence-corrected chi connectivity index (χ2v) is 6.01. The third kappa shape index (κ3) is 4.45. The standard InChI is InChI=1S/C12H25BN2O4/c1-15(2)8-10-4-3-9(5-6-13(18)19)7-12(10,14)11(16)17/h9-10,18-19H,3-8,14H2,1-2H3,(H,16,17)/t9-,10+,12-/m1/s1. The minimum absolute atomic E-state index is 0.0599. The Labute approximate surface area is 114 Å². The molecule has 1 aliphatic rings. The Morgan fingerprint density at radius 1 is 1.42 bits per heavy atom. The average molecular weight is 272 g/mol. The van der Waals surface area contributed by atoms with E-state index >= 15 is 0 Å². The normalized spacial score (nSPS) is 31.5. The average Bonchev–Trinajstić information content (AvgIpc) is 2.29. The van der Waals surface area contributed by atoms with Crippen LogP contribution in [0.15, 0.2) is 0 Å². The largest absolute Gasteiger partial charge is 0.480 e. The van der Waals surface area contributed by atoms with E-state index in [-0.39, 0.29) is 18.2 Å². The van der Waals surface area contributed by atoms with Gasteiger partial charge in [-0.1, -0.05) is 6.42 Å². The van der Waals surface area contributed by atoms with Gasteiger partial charge < -0.3 is 25.8 Å². The van der Waals surface area contributed by atoms with E-state index < -0.39 is 18.6 Å². The summed E-state index contributed by atoms with van der Waals surface area (Å²) < 4.78 is 0. The van der Waals surface area contributed by atoms with Gasteiger partial charge in [-0.25, -0.2) is 0 Å². The van der Waals surface area contributed by atoms with Crippen molar-refractivity contribution >= 4 is 13.1 Å². The van der Waals surface area contributed by atoms with Gasteiger partial charge >= 0.3 is 13.1 Å². The quantitative estimate of drug-likeness (QED) is 0.490. The van der Waals surface area contributed by atoms with Crippen molar-refractivity contribution in [1.29, 1.82) is 0 Å². The van der Waals surface area contributed by atoms with Gasteiger partial charge in [0.2, 0.25) is 0 Å². The van der Waals surface area contributed by atoms with Crippen molar-refractivity contribution in [1.82, 2.24) is 4.90 Å². The second-order valence-electron chi connectivity index (χ2n) is 6.01. The van der Waals surface area contributed by atoms with E-state index in [9.17, 15) is 9.90 Å². The molecule has 19 heavy (non-hydrogen) atoms. The van der Waals surface area contributed by atoms with Crippen LogP contribution >= 0.6 is 0 Å². The first-order chi connectivity index (χ1) is 8.75. The number of rotatable bonds is 6. The Morgan fingerprint density at radius 2 is 2.05 bits per heavy atom. The monoisotopic (exact) mass is 272 g/mol. The molecule has 0 unspecified atom stereocenters. The van der Waals surface area contributed by atoms with Crippen LogP contribution in [0.1, 0.15) is 25.7 Å². The molecule has 5 N–H and O–H groups in total. The minimum atomic E-state index is -1.32. The highest BCUT2D eigenvalue weighted by atomic mass is 16.4. The predicted octanol–water partition coefficient (Wildman–Crippen LogP) is -0.391. The molecule has 0 amide bonds. The molecular weight excluding hydrogens is 247 g/mol. The SMILES string of the molecule is CN(C)C[C@@H]1CC[C@H](CCB(O)O)C[C@]1(N)C(=O)O. The number of aliphatic carboxylic acids is 1. The summed E-state index contributed by atoms with van der Waals surface area (Å²) in [4.78, 5) is 13.5. The fourth-order valence-corrected chi connectivity index (χ4v) is 3.03. The lowest BCUT2D eigenvalue weighted by molar-refractivity contribution is -0.148. The molecule has 0 aliphatic heterocycles. The molecule has 1 fully saturated rings. The van der Waals surface area contributed by atoms with Gasteiger partial charge in [-0.2, -0.15) is 0 Å². The van der Waals surface area contributed by atoms with Gasteiger partial charge in [-0.15, -0.1) is 0 Å². The van der Waals surface area contributed by atoms with Gasteiger partial charge in [-0.3, -0.25) is 4.79 Å². The summed E-state index contributed by atoms with van der Waals surface area (Å²) in [5, 5.41) is 27.2. The molecule has 1 aliphatic carbocycles. The van der Waals surface area contributed by atoms with Crippen molar-refractivity contribution in [3.05, 3.63) is 0 Å². The molecule has 3 atom stereocenters. The number of carboxylic acid groups (broad SMARTS) is 1. The summed E-state index contributed by atoms with van der Waals surface area (Å²) in [7, 11) is 2.50. The molecule has 6 nitrogen and oxygen atoms in total. The number of carboxylic acids is 1. The molecule has 1 saturated carbocycles. The van der Waals surface area contributed by atoms with Crippen molar-refractivity contribution in [3.63, 3.8) is 0 Å². The third-order valence-corrected chi connectivity index (χ3v) is 4.10. The number of hydrogen-bond donors (Lipinski definition) is 4.